The molecule has 1 saturated heterocycles. The average molecular weight is 354 g/mol. The Balaban J connectivity index is 2.45. The topological polar surface area (TPSA) is 97.3 Å². The molecule has 0 aliphatic carbocycles. The van der Waals surface area contributed by atoms with Crippen molar-refractivity contribution in [2.75, 3.05) is 35.2 Å². The molecule has 2 rings (SSSR count). The lowest BCUT2D eigenvalue weighted by atomic mass is 10.3. The van der Waals surface area contributed by atoms with Gasteiger partial charge < -0.3 is 4.90 Å². The van der Waals surface area contributed by atoms with Crippen molar-refractivity contribution in [2.45, 2.75) is 19.0 Å². The Labute approximate surface area is 129 Å². The highest BCUT2D eigenvalue weighted by atomic mass is 35.5. The molecule has 0 amide bonds. The van der Waals surface area contributed by atoms with Gasteiger partial charge in [-0.1, -0.05) is 18.5 Å². The molecule has 0 saturated carbocycles. The fourth-order valence-corrected chi connectivity index (χ4v) is 4.09. The Morgan fingerprint density at radius 1 is 1.24 bits per heavy atom. The Hall–Kier alpha value is -0.930. The molecule has 0 spiro atoms. The van der Waals surface area contributed by atoms with Crippen LogP contribution in [0, 0.1) is 6.92 Å². The number of aromatic nitrogens is 2. The van der Waals surface area contributed by atoms with Crippen LogP contribution in [0.3, 0.4) is 0 Å². The van der Waals surface area contributed by atoms with Gasteiger partial charge in [0, 0.05) is 18.7 Å². The van der Waals surface area contributed by atoms with E-state index in [0.29, 0.717) is 11.4 Å². The lowest BCUT2D eigenvalue weighted by Gasteiger charge is -2.29. The molecule has 1 aromatic rings. The molecule has 1 fully saturated rings. The molecular weight excluding hydrogens is 338 g/mol. The molecule has 0 radical (unpaired) electrons. The second-order valence-electron chi connectivity index (χ2n) is 4.79. The first-order chi connectivity index (χ1) is 9.66. The molecule has 0 atom stereocenters. The van der Waals surface area contributed by atoms with E-state index in [0.717, 1.165) is 0 Å². The Bertz CT molecular complexity index is 748. The van der Waals surface area contributed by atoms with E-state index in [1.807, 2.05) is 0 Å². The minimum absolute atomic E-state index is 0.0178. The van der Waals surface area contributed by atoms with Crippen molar-refractivity contribution in [1.29, 1.82) is 0 Å². The molecular formula is C11H16ClN3O4S2. The van der Waals surface area contributed by atoms with E-state index in [9.17, 15) is 16.8 Å². The van der Waals surface area contributed by atoms with Gasteiger partial charge in [-0.15, -0.1) is 0 Å². The van der Waals surface area contributed by atoms with Gasteiger partial charge in [-0.05, 0) is 6.92 Å². The first-order valence-corrected chi connectivity index (χ1v) is 10.2. The first kappa shape index (κ1) is 16.4. The van der Waals surface area contributed by atoms with Crippen molar-refractivity contribution in [2.24, 2.45) is 0 Å². The van der Waals surface area contributed by atoms with Crippen molar-refractivity contribution < 1.29 is 16.8 Å². The molecule has 21 heavy (non-hydrogen) atoms. The SMILES string of the molecule is CCS(=O)(=O)c1nc(Cl)c(C)c(N2CCS(=O)(=O)CC2)n1. The van der Waals surface area contributed by atoms with Gasteiger partial charge in [-0.3, -0.25) is 0 Å². The molecule has 0 aromatic carbocycles. The maximum absolute atomic E-state index is 11.9. The number of rotatable bonds is 3. The monoisotopic (exact) mass is 353 g/mol. The maximum atomic E-state index is 11.9. The fourth-order valence-electron chi connectivity index (χ4n) is 1.96. The quantitative estimate of drug-likeness (QED) is 0.575. The molecule has 1 aromatic heterocycles. The summed E-state index contributed by atoms with van der Waals surface area (Å²) < 4.78 is 46.7. The predicted molar refractivity (Wildman–Crippen MR) is 80.4 cm³/mol. The third-order valence-corrected chi connectivity index (χ3v) is 6.82. The van der Waals surface area contributed by atoms with Gasteiger partial charge in [0.15, 0.2) is 9.84 Å². The molecule has 1 aliphatic rings. The van der Waals surface area contributed by atoms with E-state index in [-0.39, 0.29) is 40.7 Å². The van der Waals surface area contributed by atoms with Crippen LogP contribution in [0.2, 0.25) is 5.15 Å². The number of nitrogens with zero attached hydrogens (tertiary/aromatic N) is 3. The molecule has 10 heteroatoms. The summed E-state index contributed by atoms with van der Waals surface area (Å²) in [7, 11) is -6.60. The summed E-state index contributed by atoms with van der Waals surface area (Å²) in [5.74, 6) is 0.297. The van der Waals surface area contributed by atoms with Crippen LogP contribution >= 0.6 is 11.6 Å². The largest absolute Gasteiger partial charge is 0.354 e. The maximum Gasteiger partial charge on any atom is 0.250 e. The number of halogens is 1. The van der Waals surface area contributed by atoms with E-state index in [4.69, 9.17) is 11.6 Å². The van der Waals surface area contributed by atoms with Crippen LogP contribution in [0.15, 0.2) is 5.16 Å². The molecule has 0 bridgehead atoms. The van der Waals surface area contributed by atoms with Gasteiger partial charge in [0.2, 0.25) is 15.0 Å². The van der Waals surface area contributed by atoms with Gasteiger partial charge in [-0.25, -0.2) is 26.8 Å². The summed E-state index contributed by atoms with van der Waals surface area (Å²) in [5, 5.41) is -0.246. The van der Waals surface area contributed by atoms with E-state index in [1.165, 1.54) is 6.92 Å². The predicted octanol–water partition coefficient (Wildman–Crippen LogP) is 0.467. The van der Waals surface area contributed by atoms with E-state index in [2.05, 4.69) is 9.97 Å². The summed E-state index contributed by atoms with van der Waals surface area (Å²) >= 11 is 6.00. The Morgan fingerprint density at radius 2 is 1.81 bits per heavy atom. The van der Waals surface area contributed by atoms with Crippen LogP contribution in [0.1, 0.15) is 12.5 Å². The molecule has 7 nitrogen and oxygen atoms in total. The summed E-state index contributed by atoms with van der Waals surface area (Å²) in [6.45, 7) is 3.72. The lowest BCUT2D eigenvalue weighted by Crippen LogP contribution is -2.41. The van der Waals surface area contributed by atoms with Crippen LogP contribution in [-0.4, -0.2) is 57.2 Å². The van der Waals surface area contributed by atoms with Crippen molar-refractivity contribution in [3.05, 3.63) is 10.7 Å². The number of hydrogen-bond donors (Lipinski definition) is 0. The third kappa shape index (κ3) is 3.46. The summed E-state index contributed by atoms with van der Waals surface area (Å²) in [6, 6.07) is 0. The van der Waals surface area contributed by atoms with Gasteiger partial charge in [0.1, 0.15) is 11.0 Å². The minimum atomic E-state index is -3.57. The minimum Gasteiger partial charge on any atom is -0.354 e. The fraction of sp³-hybridized carbons (Fsp3) is 0.636. The molecule has 2 heterocycles. The number of hydrogen-bond acceptors (Lipinski definition) is 7. The highest BCUT2D eigenvalue weighted by Crippen LogP contribution is 2.26. The zero-order valence-corrected chi connectivity index (χ0v) is 14.1. The smallest absolute Gasteiger partial charge is 0.250 e. The number of anilines is 1. The average Bonchev–Trinajstić information content (AvgIpc) is 2.42. The van der Waals surface area contributed by atoms with E-state index < -0.39 is 19.7 Å². The van der Waals surface area contributed by atoms with Crippen molar-refractivity contribution in [3.63, 3.8) is 0 Å². The van der Waals surface area contributed by atoms with E-state index >= 15 is 0 Å². The van der Waals surface area contributed by atoms with Crippen LogP contribution in [0.5, 0.6) is 0 Å². The number of sulfone groups is 2. The van der Waals surface area contributed by atoms with Crippen LogP contribution in [0.25, 0.3) is 0 Å². The van der Waals surface area contributed by atoms with Crippen molar-refractivity contribution in [3.8, 4) is 0 Å². The zero-order valence-electron chi connectivity index (χ0n) is 11.7. The van der Waals surface area contributed by atoms with Crippen molar-refractivity contribution in [1.82, 2.24) is 9.97 Å². The zero-order chi connectivity index (χ0) is 15.8. The van der Waals surface area contributed by atoms with Gasteiger partial charge in [-0.2, -0.15) is 0 Å². The third-order valence-electron chi connectivity index (χ3n) is 3.34. The summed E-state index contributed by atoms with van der Waals surface area (Å²) in [4.78, 5) is 9.65. The molecule has 0 N–H and O–H groups in total. The molecule has 118 valence electrons. The van der Waals surface area contributed by atoms with Gasteiger partial charge in [0.05, 0.1) is 17.3 Å². The second kappa shape index (κ2) is 5.69. The van der Waals surface area contributed by atoms with Crippen LogP contribution in [-0.2, 0) is 19.7 Å². The Morgan fingerprint density at radius 3 is 2.33 bits per heavy atom. The summed E-state index contributed by atoms with van der Waals surface area (Å²) in [6.07, 6.45) is 0. The van der Waals surface area contributed by atoms with Gasteiger partial charge in [0.25, 0.3) is 0 Å². The van der Waals surface area contributed by atoms with Gasteiger partial charge >= 0.3 is 0 Å². The first-order valence-electron chi connectivity index (χ1n) is 6.38. The normalized spacial score (nSPS) is 18.7. The standard InChI is InChI=1S/C11H16ClN3O4S2/c1-3-21(18,19)11-13-9(12)8(2)10(14-11)15-4-6-20(16,17)7-5-15/h3-7H2,1-2H3. The lowest BCUT2D eigenvalue weighted by molar-refractivity contribution is 0.581. The highest BCUT2D eigenvalue weighted by molar-refractivity contribution is 7.91. The second-order valence-corrected chi connectivity index (χ2v) is 9.62. The summed E-state index contributed by atoms with van der Waals surface area (Å²) in [5.41, 5.74) is 0.547. The molecule has 0 unspecified atom stereocenters. The Kier molecular flexibility index (Phi) is 4.46. The highest BCUT2D eigenvalue weighted by Gasteiger charge is 2.27. The van der Waals surface area contributed by atoms with Crippen LogP contribution < -0.4 is 4.90 Å². The van der Waals surface area contributed by atoms with Crippen molar-refractivity contribution >= 4 is 37.1 Å². The van der Waals surface area contributed by atoms with Crippen LogP contribution in [0.4, 0.5) is 5.82 Å². The van der Waals surface area contributed by atoms with E-state index in [1.54, 1.807) is 11.8 Å². The molecule has 1 aliphatic heterocycles.